The molecule has 0 unspecified atom stereocenters. The number of halogens is 1. The molecule has 0 spiro atoms. The third kappa shape index (κ3) is 1.70. The van der Waals surface area contributed by atoms with E-state index in [1.807, 2.05) is 0 Å². The summed E-state index contributed by atoms with van der Waals surface area (Å²) in [5.74, 6) is 0.168. The topological polar surface area (TPSA) is 58.6 Å². The molecule has 3 aromatic rings. The summed E-state index contributed by atoms with van der Waals surface area (Å²) in [5, 5.41) is 0.465. The second kappa shape index (κ2) is 3.99. The van der Waals surface area contributed by atoms with Gasteiger partial charge in [-0.25, -0.2) is 14.4 Å². The van der Waals surface area contributed by atoms with Gasteiger partial charge < -0.3 is 4.98 Å². The van der Waals surface area contributed by atoms with Crippen molar-refractivity contribution in [2.24, 2.45) is 0 Å². The van der Waals surface area contributed by atoms with E-state index < -0.39 is 0 Å². The zero-order valence-electron chi connectivity index (χ0n) is 9.40. The van der Waals surface area contributed by atoms with Gasteiger partial charge in [0.05, 0.1) is 0 Å². The Bertz CT molecular complexity index is 793. The lowest BCUT2D eigenvalue weighted by molar-refractivity contribution is 0.631. The van der Waals surface area contributed by atoms with Crippen molar-refractivity contribution in [2.45, 2.75) is 6.92 Å². The second-order valence-corrected chi connectivity index (χ2v) is 4.78. The van der Waals surface area contributed by atoms with Crippen LogP contribution in [0.25, 0.3) is 20.9 Å². The van der Waals surface area contributed by atoms with Crippen molar-refractivity contribution in [3.05, 3.63) is 46.3 Å². The Morgan fingerprint density at radius 2 is 2.06 bits per heavy atom. The number of rotatable bonds is 1. The summed E-state index contributed by atoms with van der Waals surface area (Å²) < 4.78 is 13.6. The lowest BCUT2D eigenvalue weighted by atomic mass is 10.2. The molecule has 0 saturated heterocycles. The number of hydrogen-bond donors (Lipinski definition) is 1. The molecule has 2 heterocycles. The Balaban J connectivity index is 2.30. The van der Waals surface area contributed by atoms with Gasteiger partial charge in [0, 0.05) is 5.56 Å². The molecule has 4 nitrogen and oxygen atoms in total. The maximum Gasteiger partial charge on any atom is 0.278 e. The van der Waals surface area contributed by atoms with E-state index in [9.17, 15) is 9.18 Å². The van der Waals surface area contributed by atoms with Crippen LogP contribution in [-0.4, -0.2) is 15.0 Å². The monoisotopic (exact) mass is 261 g/mol. The fourth-order valence-corrected chi connectivity index (χ4v) is 2.70. The molecule has 1 N–H and O–H groups in total. The normalized spacial score (nSPS) is 11.0. The van der Waals surface area contributed by atoms with E-state index >= 15 is 0 Å². The Kier molecular flexibility index (Phi) is 2.45. The Morgan fingerprint density at radius 1 is 1.28 bits per heavy atom. The Labute approximate surface area is 105 Å². The smallest absolute Gasteiger partial charge is 0.278 e. The highest BCUT2D eigenvalue weighted by Gasteiger charge is 2.13. The minimum atomic E-state index is -0.357. The summed E-state index contributed by atoms with van der Waals surface area (Å²) >= 11 is 1.21. The summed E-state index contributed by atoms with van der Waals surface area (Å²) in [6.07, 6.45) is 0. The molecule has 0 aliphatic rings. The summed E-state index contributed by atoms with van der Waals surface area (Å²) in [6.45, 7) is 1.70. The van der Waals surface area contributed by atoms with Gasteiger partial charge >= 0.3 is 0 Å². The molecule has 1 aromatic carbocycles. The molecular weight excluding hydrogens is 253 g/mol. The highest BCUT2D eigenvalue weighted by Crippen LogP contribution is 2.29. The zero-order chi connectivity index (χ0) is 12.7. The van der Waals surface area contributed by atoms with Crippen LogP contribution >= 0.6 is 11.3 Å². The highest BCUT2D eigenvalue weighted by atomic mass is 32.1. The van der Waals surface area contributed by atoms with Crippen LogP contribution in [0.15, 0.2) is 29.1 Å². The van der Waals surface area contributed by atoms with Gasteiger partial charge in [0.25, 0.3) is 5.56 Å². The van der Waals surface area contributed by atoms with Gasteiger partial charge in [0.2, 0.25) is 0 Å². The first-order chi connectivity index (χ1) is 8.65. The van der Waals surface area contributed by atoms with Gasteiger partial charge in [-0.2, -0.15) is 0 Å². The molecule has 2 aromatic heterocycles. The van der Waals surface area contributed by atoms with E-state index in [0.29, 0.717) is 21.2 Å². The fourth-order valence-electron chi connectivity index (χ4n) is 1.69. The number of benzene rings is 1. The van der Waals surface area contributed by atoms with Crippen LogP contribution in [0, 0.1) is 12.7 Å². The number of aryl methyl sites for hydroxylation is 1. The van der Waals surface area contributed by atoms with Gasteiger partial charge in [-0.15, -0.1) is 0 Å². The number of fused-ring (bicyclic) bond motifs is 1. The second-order valence-electron chi connectivity index (χ2n) is 3.80. The number of hydrogen-bond acceptors (Lipinski definition) is 4. The molecule has 0 atom stereocenters. The highest BCUT2D eigenvalue weighted by molar-refractivity contribution is 7.21. The quantitative estimate of drug-likeness (QED) is 0.732. The molecule has 18 heavy (non-hydrogen) atoms. The maximum absolute atomic E-state index is 13.6. The van der Waals surface area contributed by atoms with Crippen molar-refractivity contribution in [3.8, 4) is 10.6 Å². The third-order valence-corrected chi connectivity index (χ3v) is 3.47. The lowest BCUT2D eigenvalue weighted by Crippen LogP contribution is -2.08. The van der Waals surface area contributed by atoms with Crippen LogP contribution < -0.4 is 5.56 Å². The number of aromatic nitrogens is 3. The largest absolute Gasteiger partial charge is 0.309 e. The van der Waals surface area contributed by atoms with Crippen LogP contribution in [0.5, 0.6) is 0 Å². The minimum absolute atomic E-state index is 0.254. The van der Waals surface area contributed by atoms with Crippen LogP contribution in [0.4, 0.5) is 4.39 Å². The average molecular weight is 261 g/mol. The summed E-state index contributed by atoms with van der Waals surface area (Å²) in [5.41, 5.74) is 0.345. The van der Waals surface area contributed by atoms with Crippen LogP contribution in [0.2, 0.25) is 0 Å². The average Bonchev–Trinajstić information content (AvgIpc) is 2.73. The summed E-state index contributed by atoms with van der Waals surface area (Å²) in [4.78, 5) is 23.1. The van der Waals surface area contributed by atoms with Gasteiger partial charge in [0.15, 0.2) is 10.3 Å². The first kappa shape index (κ1) is 11.0. The fraction of sp³-hybridized carbons (Fsp3) is 0.0833. The third-order valence-electron chi connectivity index (χ3n) is 2.49. The molecule has 0 saturated carbocycles. The summed E-state index contributed by atoms with van der Waals surface area (Å²) in [6, 6.07) is 6.34. The van der Waals surface area contributed by atoms with Gasteiger partial charge in [0.1, 0.15) is 16.6 Å². The molecule has 0 aliphatic heterocycles. The minimum Gasteiger partial charge on any atom is -0.309 e. The summed E-state index contributed by atoms with van der Waals surface area (Å²) in [7, 11) is 0. The van der Waals surface area contributed by atoms with Crippen molar-refractivity contribution in [2.75, 3.05) is 0 Å². The standard InChI is InChI=1S/C12H8FN3OS/c1-6-14-10(17)9-12(15-6)18-11(16-9)7-4-2-3-5-8(7)13/h2-5H,1H3,(H,14,15,17). The molecule has 0 bridgehead atoms. The van der Waals surface area contributed by atoms with Crippen LogP contribution in [-0.2, 0) is 0 Å². The predicted octanol–water partition coefficient (Wildman–Crippen LogP) is 2.49. The van der Waals surface area contributed by atoms with E-state index in [0.717, 1.165) is 0 Å². The van der Waals surface area contributed by atoms with Crippen molar-refractivity contribution in [3.63, 3.8) is 0 Å². The SMILES string of the molecule is Cc1nc2sc(-c3ccccc3F)nc2c(=O)[nH]1. The van der Waals surface area contributed by atoms with Gasteiger partial charge in [-0.3, -0.25) is 4.79 Å². The van der Waals surface area contributed by atoms with E-state index in [2.05, 4.69) is 15.0 Å². The molecule has 0 aliphatic carbocycles. The Morgan fingerprint density at radius 3 is 2.83 bits per heavy atom. The number of H-pyrrole nitrogens is 1. The van der Waals surface area contributed by atoms with Crippen molar-refractivity contribution in [1.29, 1.82) is 0 Å². The van der Waals surface area contributed by atoms with Gasteiger partial charge in [-0.1, -0.05) is 23.5 Å². The Hall–Kier alpha value is -2.08. The number of nitrogens with zero attached hydrogens (tertiary/aromatic N) is 2. The van der Waals surface area contributed by atoms with E-state index in [4.69, 9.17) is 0 Å². The zero-order valence-corrected chi connectivity index (χ0v) is 10.2. The molecular formula is C12H8FN3OS. The molecule has 0 fully saturated rings. The number of aromatic amines is 1. The van der Waals surface area contributed by atoms with Crippen molar-refractivity contribution in [1.82, 2.24) is 15.0 Å². The molecule has 3 rings (SSSR count). The molecule has 90 valence electrons. The van der Waals surface area contributed by atoms with Gasteiger partial charge in [-0.05, 0) is 19.1 Å². The molecule has 6 heteroatoms. The van der Waals surface area contributed by atoms with Crippen molar-refractivity contribution < 1.29 is 4.39 Å². The van der Waals surface area contributed by atoms with E-state index in [-0.39, 0.29) is 16.9 Å². The first-order valence-corrected chi connectivity index (χ1v) is 6.09. The van der Waals surface area contributed by atoms with Crippen LogP contribution in [0.1, 0.15) is 5.82 Å². The van der Waals surface area contributed by atoms with E-state index in [1.54, 1.807) is 25.1 Å². The predicted molar refractivity (Wildman–Crippen MR) is 68.2 cm³/mol. The maximum atomic E-state index is 13.6. The number of thiazole rings is 1. The molecule has 0 amide bonds. The first-order valence-electron chi connectivity index (χ1n) is 5.27. The van der Waals surface area contributed by atoms with Crippen molar-refractivity contribution >= 4 is 21.7 Å². The number of nitrogens with one attached hydrogen (secondary N) is 1. The lowest BCUT2D eigenvalue weighted by Gasteiger charge is -1.95. The molecule has 0 radical (unpaired) electrons. The van der Waals surface area contributed by atoms with Crippen LogP contribution in [0.3, 0.4) is 0 Å². The van der Waals surface area contributed by atoms with E-state index in [1.165, 1.54) is 17.4 Å².